The monoisotopic (exact) mass is 279 g/mol. The van der Waals surface area contributed by atoms with Gasteiger partial charge in [0.05, 0.1) is 18.4 Å². The van der Waals surface area contributed by atoms with Crippen LogP contribution in [0.5, 0.6) is 0 Å². The minimum atomic E-state index is -0.793. The Morgan fingerprint density at radius 3 is 3.21 bits per heavy atom. The molecule has 100 valence electrons. The van der Waals surface area contributed by atoms with Gasteiger partial charge in [0.1, 0.15) is 11.7 Å². The zero-order chi connectivity index (χ0) is 13.4. The first-order chi connectivity index (χ1) is 9.13. The topological polar surface area (TPSA) is 88.2 Å². The van der Waals surface area contributed by atoms with Gasteiger partial charge in [-0.1, -0.05) is 0 Å². The highest BCUT2D eigenvalue weighted by molar-refractivity contribution is 7.15. The van der Waals surface area contributed by atoms with E-state index in [-0.39, 0.29) is 0 Å². The Hall–Kier alpha value is -1.89. The number of carbonyl (C=O) groups is 1. The Kier molecular flexibility index (Phi) is 2.98. The van der Waals surface area contributed by atoms with Gasteiger partial charge < -0.3 is 14.8 Å². The third-order valence-electron chi connectivity index (χ3n) is 3.08. The molecule has 0 amide bonds. The highest BCUT2D eigenvalue weighted by Gasteiger charge is 2.32. The second kappa shape index (κ2) is 4.65. The lowest BCUT2D eigenvalue weighted by Gasteiger charge is -2.02. The van der Waals surface area contributed by atoms with Crippen LogP contribution in [0.3, 0.4) is 0 Å². The van der Waals surface area contributed by atoms with E-state index in [4.69, 9.17) is 9.52 Å². The SMILES string of the molecule is Cc1cnc(CNc2nc3c(s2)CCC3C(=O)O)o1. The van der Waals surface area contributed by atoms with Gasteiger partial charge in [-0.3, -0.25) is 4.79 Å². The second-order valence-electron chi connectivity index (χ2n) is 4.48. The van der Waals surface area contributed by atoms with Crippen LogP contribution in [-0.2, 0) is 17.8 Å². The number of aryl methyl sites for hydroxylation is 2. The molecule has 0 aliphatic heterocycles. The quantitative estimate of drug-likeness (QED) is 0.891. The number of hydrogen-bond donors (Lipinski definition) is 2. The molecule has 1 atom stereocenters. The molecule has 7 heteroatoms. The first-order valence-corrected chi connectivity index (χ1v) is 6.82. The summed E-state index contributed by atoms with van der Waals surface area (Å²) >= 11 is 1.51. The molecule has 0 radical (unpaired) electrons. The molecular formula is C12H13N3O3S. The van der Waals surface area contributed by atoms with Crippen LogP contribution in [0.2, 0.25) is 0 Å². The van der Waals surface area contributed by atoms with Crippen LogP contribution in [0.15, 0.2) is 10.6 Å². The van der Waals surface area contributed by atoms with Crippen LogP contribution >= 0.6 is 11.3 Å². The van der Waals surface area contributed by atoms with Crippen molar-refractivity contribution in [3.8, 4) is 0 Å². The number of carboxylic acids is 1. The Labute approximate surface area is 113 Å². The van der Waals surface area contributed by atoms with Gasteiger partial charge in [0.25, 0.3) is 0 Å². The minimum Gasteiger partial charge on any atom is -0.481 e. The lowest BCUT2D eigenvalue weighted by atomic mass is 10.1. The second-order valence-corrected chi connectivity index (χ2v) is 5.56. The molecule has 0 aromatic carbocycles. The van der Waals surface area contributed by atoms with Gasteiger partial charge in [0.2, 0.25) is 5.89 Å². The maximum Gasteiger partial charge on any atom is 0.312 e. The first kappa shape index (κ1) is 12.2. The first-order valence-electron chi connectivity index (χ1n) is 6.01. The summed E-state index contributed by atoms with van der Waals surface area (Å²) in [5.41, 5.74) is 0.712. The normalized spacial score (nSPS) is 17.4. The average Bonchev–Trinajstić information content (AvgIpc) is 3.00. The fourth-order valence-corrected chi connectivity index (χ4v) is 3.21. The third kappa shape index (κ3) is 2.33. The lowest BCUT2D eigenvalue weighted by Crippen LogP contribution is -2.09. The van der Waals surface area contributed by atoms with Gasteiger partial charge in [-0.15, -0.1) is 11.3 Å². The molecule has 0 saturated carbocycles. The van der Waals surface area contributed by atoms with E-state index in [1.165, 1.54) is 11.3 Å². The Bertz CT molecular complexity index is 620. The van der Waals surface area contributed by atoms with Gasteiger partial charge >= 0.3 is 5.97 Å². The molecule has 2 heterocycles. The standard InChI is InChI=1S/C12H13N3O3S/c1-6-4-13-9(18-6)5-14-12-15-10-7(11(16)17)2-3-8(10)19-12/h4,7H,2-3,5H2,1H3,(H,14,15)(H,16,17). The van der Waals surface area contributed by atoms with E-state index in [2.05, 4.69) is 15.3 Å². The fraction of sp³-hybridized carbons (Fsp3) is 0.417. The van der Waals surface area contributed by atoms with Crippen LogP contribution in [0, 0.1) is 6.92 Å². The maximum absolute atomic E-state index is 11.1. The number of fused-ring (bicyclic) bond motifs is 1. The van der Waals surface area contributed by atoms with Crippen molar-refractivity contribution in [1.82, 2.24) is 9.97 Å². The predicted molar refractivity (Wildman–Crippen MR) is 69.4 cm³/mol. The molecule has 0 fully saturated rings. The summed E-state index contributed by atoms with van der Waals surface area (Å²) in [6, 6.07) is 0. The van der Waals surface area contributed by atoms with Crippen molar-refractivity contribution >= 4 is 22.4 Å². The number of hydrogen-bond acceptors (Lipinski definition) is 6. The molecule has 0 saturated heterocycles. The van der Waals surface area contributed by atoms with Gasteiger partial charge in [-0.25, -0.2) is 9.97 Å². The van der Waals surface area contributed by atoms with Gasteiger partial charge in [0, 0.05) is 4.88 Å². The van der Waals surface area contributed by atoms with E-state index in [1.54, 1.807) is 6.20 Å². The van der Waals surface area contributed by atoms with E-state index in [1.807, 2.05) is 6.92 Å². The summed E-state index contributed by atoms with van der Waals surface area (Å²) in [7, 11) is 0. The Balaban J connectivity index is 1.70. The zero-order valence-electron chi connectivity index (χ0n) is 10.3. The molecule has 6 nitrogen and oxygen atoms in total. The highest BCUT2D eigenvalue weighted by Crippen LogP contribution is 2.38. The summed E-state index contributed by atoms with van der Waals surface area (Å²) in [5.74, 6) is 0.122. The van der Waals surface area contributed by atoms with Gasteiger partial charge in [0.15, 0.2) is 5.13 Å². The van der Waals surface area contributed by atoms with Crippen molar-refractivity contribution in [2.45, 2.75) is 32.2 Å². The molecule has 2 N–H and O–H groups in total. The number of aromatic nitrogens is 2. The summed E-state index contributed by atoms with van der Waals surface area (Å²) in [4.78, 5) is 20.6. The van der Waals surface area contributed by atoms with Crippen molar-refractivity contribution in [2.24, 2.45) is 0 Å². The number of nitrogens with one attached hydrogen (secondary N) is 1. The summed E-state index contributed by atoms with van der Waals surface area (Å²) in [5, 5.41) is 12.9. The Morgan fingerprint density at radius 1 is 1.68 bits per heavy atom. The number of carboxylic acid groups (broad SMARTS) is 1. The van der Waals surface area contributed by atoms with E-state index >= 15 is 0 Å². The lowest BCUT2D eigenvalue weighted by molar-refractivity contribution is -0.138. The zero-order valence-corrected chi connectivity index (χ0v) is 11.2. The van der Waals surface area contributed by atoms with Crippen LogP contribution in [0.1, 0.15) is 34.6 Å². The van der Waals surface area contributed by atoms with Crippen molar-refractivity contribution in [1.29, 1.82) is 0 Å². The van der Waals surface area contributed by atoms with Gasteiger partial charge in [-0.2, -0.15) is 0 Å². The molecule has 19 heavy (non-hydrogen) atoms. The van der Waals surface area contributed by atoms with Crippen molar-refractivity contribution in [3.05, 3.63) is 28.4 Å². The highest BCUT2D eigenvalue weighted by atomic mass is 32.1. The van der Waals surface area contributed by atoms with Crippen molar-refractivity contribution in [3.63, 3.8) is 0 Å². The molecule has 1 aliphatic carbocycles. The minimum absolute atomic E-state index is 0.453. The number of rotatable bonds is 4. The molecule has 3 rings (SSSR count). The fourth-order valence-electron chi connectivity index (χ4n) is 2.18. The average molecular weight is 279 g/mol. The smallest absolute Gasteiger partial charge is 0.312 e. The molecule has 2 aromatic rings. The number of aliphatic carboxylic acids is 1. The molecule has 1 unspecified atom stereocenters. The number of oxazole rings is 1. The summed E-state index contributed by atoms with van der Waals surface area (Å²) in [6.45, 7) is 2.30. The number of thiazole rings is 1. The molecular weight excluding hydrogens is 266 g/mol. The van der Waals surface area contributed by atoms with Crippen LogP contribution in [0.25, 0.3) is 0 Å². The number of anilines is 1. The molecule has 0 spiro atoms. The summed E-state index contributed by atoms with van der Waals surface area (Å²) in [6.07, 6.45) is 3.12. The molecule has 1 aliphatic rings. The molecule has 0 bridgehead atoms. The van der Waals surface area contributed by atoms with Crippen molar-refractivity contribution < 1.29 is 14.3 Å². The molecule has 2 aromatic heterocycles. The van der Waals surface area contributed by atoms with Crippen LogP contribution in [-0.4, -0.2) is 21.0 Å². The summed E-state index contributed by atoms with van der Waals surface area (Å²) < 4.78 is 5.35. The Morgan fingerprint density at radius 2 is 2.53 bits per heavy atom. The van der Waals surface area contributed by atoms with Crippen LogP contribution < -0.4 is 5.32 Å². The van der Waals surface area contributed by atoms with E-state index in [0.717, 1.165) is 22.2 Å². The number of nitrogens with zero attached hydrogens (tertiary/aromatic N) is 2. The van der Waals surface area contributed by atoms with E-state index in [9.17, 15) is 4.79 Å². The van der Waals surface area contributed by atoms with E-state index < -0.39 is 11.9 Å². The predicted octanol–water partition coefficient (Wildman–Crippen LogP) is 2.17. The van der Waals surface area contributed by atoms with E-state index in [0.29, 0.717) is 24.6 Å². The largest absolute Gasteiger partial charge is 0.481 e. The van der Waals surface area contributed by atoms with Crippen molar-refractivity contribution in [2.75, 3.05) is 5.32 Å². The van der Waals surface area contributed by atoms with Gasteiger partial charge in [-0.05, 0) is 19.8 Å². The maximum atomic E-state index is 11.1. The van der Waals surface area contributed by atoms with Crippen LogP contribution in [0.4, 0.5) is 5.13 Å². The third-order valence-corrected chi connectivity index (χ3v) is 4.16.